The molecule has 0 saturated carbocycles. The quantitative estimate of drug-likeness (QED) is 0.535. The maximum atomic E-state index is 0. The fraction of sp³-hybridized carbons (Fsp3) is 0. The normalized spacial score (nSPS) is 0. The first-order valence-corrected chi connectivity index (χ1v) is 0. The molecule has 0 unspecified atom stereocenters. The van der Waals surface area contributed by atoms with E-state index < -0.39 is 0 Å². The zero-order chi connectivity index (χ0) is 0. The summed E-state index contributed by atoms with van der Waals surface area (Å²) in [7, 11) is 0. The smallest absolute Gasteiger partial charge is 0 e. The van der Waals surface area contributed by atoms with Gasteiger partial charge in [-0.25, -0.2) is 0 Å². The predicted molar refractivity (Wildman–Crippen MR) is 5.75 cm³/mol. The van der Waals surface area contributed by atoms with E-state index in [2.05, 4.69) is 0 Å². The Balaban J connectivity index is 0. The van der Waals surface area contributed by atoms with E-state index in [-0.39, 0.29) is 76.9 Å². The van der Waals surface area contributed by atoms with E-state index in [0.717, 1.165) is 0 Å². The van der Waals surface area contributed by atoms with Crippen LogP contribution in [0, 0.1) is 0 Å². The molecule has 0 N–H and O–H groups in total. The average Bonchev–Trinajstić information content (AvgIpc) is 0. The van der Waals surface area contributed by atoms with Gasteiger partial charge >= 0.3 is 0 Å². The summed E-state index contributed by atoms with van der Waals surface area (Å²) in [4.78, 5) is 0. The van der Waals surface area contributed by atoms with Crippen LogP contribution in [0.4, 0.5) is 0 Å². The summed E-state index contributed by atoms with van der Waals surface area (Å²) in [5, 5.41) is 0. The zero-order valence-corrected chi connectivity index (χ0v) is 9.79. The van der Waals surface area contributed by atoms with Gasteiger partial charge < -0.3 is 0 Å². The minimum atomic E-state index is 0. The Morgan fingerprint density at radius 3 is 1.00 bits per heavy atom. The van der Waals surface area contributed by atoms with Crippen LogP contribution in [0.1, 0.15) is 0 Å². The van der Waals surface area contributed by atoms with Crippen LogP contribution in [0.3, 0.4) is 0 Å². The second-order valence-electron chi connectivity index (χ2n) is 0. The maximum absolute atomic E-state index is 0. The molecule has 0 saturated heterocycles. The second-order valence-corrected chi connectivity index (χ2v) is 0. The molecule has 0 heterocycles. The van der Waals surface area contributed by atoms with Gasteiger partial charge in [0.05, 0.1) is 0 Å². The fourth-order valence-electron chi connectivity index (χ4n) is 0. The predicted octanol–water partition coefficient (Wildman–Crippen LogP) is -0.388. The van der Waals surface area contributed by atoms with Gasteiger partial charge in [0, 0.05) is 76.9 Å². The molecule has 0 aromatic heterocycles. The summed E-state index contributed by atoms with van der Waals surface area (Å²) in [5.74, 6) is 0. The first-order chi connectivity index (χ1) is 0. The van der Waals surface area contributed by atoms with Gasteiger partial charge in [-0.2, -0.15) is 0 Å². The van der Waals surface area contributed by atoms with Crippen molar-refractivity contribution in [3.05, 3.63) is 0 Å². The Bertz CT molecular complexity index is 8.00. The Kier molecular flexibility index (Phi) is 144. The van der Waals surface area contributed by atoms with Crippen LogP contribution < -0.4 is 0 Å². The molecule has 0 bridgehead atoms. The monoisotopic (exact) mass is 298 g/mol. The molecular weight excluding hydrogens is 299 g/mol. The maximum Gasteiger partial charge on any atom is 0 e. The molecule has 0 nitrogen and oxygen atoms in total. The zero-order valence-electron chi connectivity index (χ0n) is 1.88. The number of rotatable bonds is 0. The van der Waals surface area contributed by atoms with Crippen LogP contribution in [-0.4, -0.2) is 23.9 Å². The molecule has 0 aliphatic carbocycles. The molecule has 4 heavy (non-hydrogen) atoms. The van der Waals surface area contributed by atoms with Gasteiger partial charge in [-0.05, 0) is 0 Å². The van der Waals surface area contributed by atoms with Crippen molar-refractivity contribution in [3.8, 4) is 0 Å². The Hall–Kier alpha value is 2.44. The minimum absolute atomic E-state index is 0. The van der Waals surface area contributed by atoms with E-state index in [1.165, 1.54) is 0 Å². The van der Waals surface area contributed by atoms with Gasteiger partial charge in [-0.1, -0.05) is 0 Å². The van der Waals surface area contributed by atoms with Crippen molar-refractivity contribution in [2.75, 3.05) is 0 Å². The van der Waals surface area contributed by atoms with E-state index >= 15 is 0 Å². The van der Waals surface area contributed by atoms with E-state index in [9.17, 15) is 0 Å². The summed E-state index contributed by atoms with van der Waals surface area (Å²) in [6, 6.07) is 0. The third-order valence-corrected chi connectivity index (χ3v) is 0. The molecule has 0 spiro atoms. The Labute approximate surface area is 76.0 Å². The third-order valence-electron chi connectivity index (χ3n) is 0. The van der Waals surface area contributed by atoms with Crippen LogP contribution in [0.15, 0.2) is 0 Å². The van der Waals surface area contributed by atoms with Gasteiger partial charge in [-0.3, -0.25) is 0 Å². The third kappa shape index (κ3) is 8.83. The van der Waals surface area contributed by atoms with Crippen LogP contribution in [-0.2, 0) is 53.0 Å². The number of hydrogen-bond donors (Lipinski definition) is 0. The average molecular weight is 299 g/mol. The summed E-state index contributed by atoms with van der Waals surface area (Å²) >= 11 is 0. The Morgan fingerprint density at radius 1 is 1.00 bits per heavy atom. The summed E-state index contributed by atoms with van der Waals surface area (Å²) < 4.78 is 0. The van der Waals surface area contributed by atoms with E-state index in [4.69, 9.17) is 0 Å². The van der Waals surface area contributed by atoms with E-state index in [0.29, 0.717) is 0 Å². The summed E-state index contributed by atoms with van der Waals surface area (Å²) in [6.45, 7) is 0. The van der Waals surface area contributed by atoms with Crippen molar-refractivity contribution < 1.29 is 53.0 Å². The SMILES string of the molecule is [Fe].[Ni].[Sn].[Zn]. The van der Waals surface area contributed by atoms with E-state index in [1.807, 2.05) is 0 Å². The van der Waals surface area contributed by atoms with Gasteiger partial charge in [0.1, 0.15) is 0 Å². The molecule has 24 valence electrons. The van der Waals surface area contributed by atoms with Crippen molar-refractivity contribution >= 4 is 23.9 Å². The van der Waals surface area contributed by atoms with Gasteiger partial charge in [-0.15, -0.1) is 0 Å². The Morgan fingerprint density at radius 2 is 1.00 bits per heavy atom. The van der Waals surface area contributed by atoms with Crippen LogP contribution in [0.25, 0.3) is 0 Å². The van der Waals surface area contributed by atoms with Crippen LogP contribution in [0.5, 0.6) is 0 Å². The topological polar surface area (TPSA) is 0 Å². The number of hydrogen-bond acceptors (Lipinski definition) is 0. The molecule has 0 amide bonds. The van der Waals surface area contributed by atoms with Crippen molar-refractivity contribution in [2.45, 2.75) is 0 Å². The first kappa shape index (κ1) is 32.1. The standard InChI is InChI=1S/Fe.Ni.Sn.Zn. The summed E-state index contributed by atoms with van der Waals surface area (Å²) in [5.41, 5.74) is 0. The largest absolute Gasteiger partial charge is 0 e. The van der Waals surface area contributed by atoms with E-state index in [1.54, 1.807) is 0 Å². The molecule has 4 heteroatoms. The van der Waals surface area contributed by atoms with Crippen LogP contribution in [0.2, 0.25) is 0 Å². The fourth-order valence-corrected chi connectivity index (χ4v) is 0. The second kappa shape index (κ2) is 18.0. The molecule has 0 rings (SSSR count). The molecule has 0 aromatic rings. The molecule has 0 aliphatic rings. The van der Waals surface area contributed by atoms with Gasteiger partial charge in [0.2, 0.25) is 0 Å². The first-order valence-electron chi connectivity index (χ1n) is 0. The van der Waals surface area contributed by atoms with Gasteiger partial charge in [0.25, 0.3) is 0 Å². The molecule has 0 atom stereocenters. The molecule has 0 aliphatic heterocycles. The minimum Gasteiger partial charge on any atom is 0 e. The summed E-state index contributed by atoms with van der Waals surface area (Å²) in [6.07, 6.45) is 0. The van der Waals surface area contributed by atoms with Crippen molar-refractivity contribution in [1.82, 2.24) is 0 Å². The van der Waals surface area contributed by atoms with Crippen molar-refractivity contribution in [1.29, 1.82) is 0 Å². The van der Waals surface area contributed by atoms with Gasteiger partial charge in [0.15, 0.2) is 0 Å². The molecular formula is FeNiSnZn. The van der Waals surface area contributed by atoms with Crippen molar-refractivity contribution in [2.24, 2.45) is 0 Å². The molecule has 0 fully saturated rings. The van der Waals surface area contributed by atoms with Crippen molar-refractivity contribution in [3.63, 3.8) is 0 Å². The molecule has 0 aromatic carbocycles. The van der Waals surface area contributed by atoms with Crippen LogP contribution >= 0.6 is 0 Å². The molecule has 4 radical (unpaired) electrons.